The summed E-state index contributed by atoms with van der Waals surface area (Å²) in [5.41, 5.74) is 2.84. The molecule has 0 fully saturated rings. The Morgan fingerprint density at radius 1 is 1.00 bits per heavy atom. The highest BCUT2D eigenvalue weighted by Gasteiger charge is 2.15. The summed E-state index contributed by atoms with van der Waals surface area (Å²) in [6, 6.07) is 17.1. The molecular formula is C18H14ClNO2. The zero-order valence-electron chi connectivity index (χ0n) is 11.7. The van der Waals surface area contributed by atoms with Gasteiger partial charge in [0, 0.05) is 29.5 Å². The van der Waals surface area contributed by atoms with Crippen molar-refractivity contribution in [3.63, 3.8) is 0 Å². The minimum atomic E-state index is -0.934. The van der Waals surface area contributed by atoms with Crippen molar-refractivity contribution in [3.05, 3.63) is 83.1 Å². The molecule has 1 N–H and O–H groups in total. The molecule has 0 aliphatic rings. The first-order valence-corrected chi connectivity index (χ1v) is 7.25. The number of aromatic nitrogens is 1. The van der Waals surface area contributed by atoms with Crippen LogP contribution in [0, 0.1) is 0 Å². The molecule has 1 aromatic heterocycles. The van der Waals surface area contributed by atoms with Gasteiger partial charge in [0.1, 0.15) is 0 Å². The predicted octanol–water partition coefficient (Wildman–Crippen LogP) is 4.56. The van der Waals surface area contributed by atoms with Crippen LogP contribution in [0.2, 0.25) is 5.02 Å². The Hall–Kier alpha value is -2.52. The number of aromatic carboxylic acids is 1. The third-order valence-electron chi connectivity index (χ3n) is 3.51. The molecule has 22 heavy (non-hydrogen) atoms. The number of rotatable bonds is 4. The summed E-state index contributed by atoms with van der Waals surface area (Å²) in [6.07, 6.45) is 3.50. The standard InChI is InChI=1S/C18H14ClNO2/c19-17-9-5-4-8-14(17)10-20-11-15(16(12-20)18(21)22)13-6-2-1-3-7-13/h1-9,11-12H,10H2,(H,21,22). The second-order valence-corrected chi connectivity index (χ2v) is 5.43. The smallest absolute Gasteiger partial charge is 0.337 e. The minimum absolute atomic E-state index is 0.290. The highest BCUT2D eigenvalue weighted by atomic mass is 35.5. The monoisotopic (exact) mass is 311 g/mol. The molecule has 0 saturated carbocycles. The Kier molecular flexibility index (Phi) is 3.98. The molecule has 0 bridgehead atoms. The topological polar surface area (TPSA) is 42.2 Å². The lowest BCUT2D eigenvalue weighted by Crippen LogP contribution is -1.98. The summed E-state index contributed by atoms with van der Waals surface area (Å²) in [7, 11) is 0. The fraction of sp³-hybridized carbons (Fsp3) is 0.0556. The van der Waals surface area contributed by atoms with Crippen LogP contribution >= 0.6 is 11.6 Å². The van der Waals surface area contributed by atoms with E-state index in [1.165, 1.54) is 0 Å². The number of halogens is 1. The van der Waals surface area contributed by atoms with E-state index in [1.807, 2.05) is 65.4 Å². The van der Waals surface area contributed by atoms with Crippen molar-refractivity contribution in [2.75, 3.05) is 0 Å². The van der Waals surface area contributed by atoms with Crippen molar-refractivity contribution >= 4 is 17.6 Å². The Morgan fingerprint density at radius 3 is 2.36 bits per heavy atom. The number of carboxylic acid groups (broad SMARTS) is 1. The lowest BCUT2D eigenvalue weighted by molar-refractivity contribution is 0.0697. The molecule has 0 aliphatic heterocycles. The van der Waals surface area contributed by atoms with E-state index in [-0.39, 0.29) is 0 Å². The van der Waals surface area contributed by atoms with Crippen LogP contribution in [0.25, 0.3) is 11.1 Å². The fourth-order valence-electron chi connectivity index (χ4n) is 2.44. The predicted molar refractivity (Wildman–Crippen MR) is 87.4 cm³/mol. The van der Waals surface area contributed by atoms with E-state index in [9.17, 15) is 9.90 Å². The summed E-state index contributed by atoms with van der Waals surface area (Å²) in [6.45, 7) is 0.535. The van der Waals surface area contributed by atoms with Gasteiger partial charge in [-0.2, -0.15) is 0 Å². The molecule has 0 unspecified atom stereocenters. The van der Waals surface area contributed by atoms with Crippen molar-refractivity contribution in [1.82, 2.24) is 4.57 Å². The Labute approximate surface area is 133 Å². The van der Waals surface area contributed by atoms with Gasteiger partial charge in [0.25, 0.3) is 0 Å². The van der Waals surface area contributed by atoms with Gasteiger partial charge in [-0.3, -0.25) is 0 Å². The number of hydrogen-bond donors (Lipinski definition) is 1. The maximum Gasteiger partial charge on any atom is 0.337 e. The number of benzene rings is 2. The van der Waals surface area contributed by atoms with Crippen molar-refractivity contribution in [3.8, 4) is 11.1 Å². The van der Waals surface area contributed by atoms with E-state index in [0.717, 1.165) is 11.1 Å². The van der Waals surface area contributed by atoms with Crippen molar-refractivity contribution < 1.29 is 9.90 Å². The fourth-order valence-corrected chi connectivity index (χ4v) is 2.64. The maximum atomic E-state index is 11.5. The quantitative estimate of drug-likeness (QED) is 0.767. The Balaban J connectivity index is 2.01. The van der Waals surface area contributed by atoms with E-state index in [0.29, 0.717) is 22.7 Å². The molecular weight excluding hydrogens is 298 g/mol. The molecule has 0 amide bonds. The number of hydrogen-bond acceptors (Lipinski definition) is 1. The van der Waals surface area contributed by atoms with Gasteiger partial charge in [-0.05, 0) is 17.2 Å². The third-order valence-corrected chi connectivity index (χ3v) is 3.87. The van der Waals surface area contributed by atoms with Crippen LogP contribution in [0.1, 0.15) is 15.9 Å². The highest BCUT2D eigenvalue weighted by Crippen LogP contribution is 2.26. The van der Waals surface area contributed by atoms with Gasteiger partial charge in [-0.15, -0.1) is 0 Å². The van der Waals surface area contributed by atoms with Gasteiger partial charge in [0.2, 0.25) is 0 Å². The molecule has 0 saturated heterocycles. The maximum absolute atomic E-state index is 11.5. The molecule has 3 rings (SSSR count). The average molecular weight is 312 g/mol. The second kappa shape index (κ2) is 6.08. The molecule has 3 aromatic rings. The lowest BCUT2D eigenvalue weighted by Gasteiger charge is -2.05. The SMILES string of the molecule is O=C(O)c1cn(Cc2ccccc2Cl)cc1-c1ccccc1. The van der Waals surface area contributed by atoms with E-state index in [1.54, 1.807) is 6.20 Å². The minimum Gasteiger partial charge on any atom is -0.478 e. The van der Waals surface area contributed by atoms with Gasteiger partial charge in [0.05, 0.1) is 5.56 Å². The summed E-state index contributed by atoms with van der Waals surface area (Å²) in [4.78, 5) is 11.5. The van der Waals surface area contributed by atoms with E-state index in [4.69, 9.17) is 11.6 Å². The van der Waals surface area contributed by atoms with E-state index < -0.39 is 5.97 Å². The molecule has 2 aromatic carbocycles. The van der Waals surface area contributed by atoms with Crippen LogP contribution in [0.15, 0.2) is 67.0 Å². The molecule has 4 heteroatoms. The molecule has 110 valence electrons. The van der Waals surface area contributed by atoms with Gasteiger partial charge < -0.3 is 9.67 Å². The zero-order valence-corrected chi connectivity index (χ0v) is 12.5. The first kappa shape index (κ1) is 14.4. The van der Waals surface area contributed by atoms with Crippen molar-refractivity contribution in [2.24, 2.45) is 0 Å². The van der Waals surface area contributed by atoms with Gasteiger partial charge in [-0.25, -0.2) is 4.79 Å². The molecule has 0 radical (unpaired) electrons. The zero-order chi connectivity index (χ0) is 15.5. The van der Waals surface area contributed by atoms with Gasteiger partial charge >= 0.3 is 5.97 Å². The summed E-state index contributed by atoms with van der Waals surface area (Å²) >= 11 is 6.17. The summed E-state index contributed by atoms with van der Waals surface area (Å²) < 4.78 is 1.85. The normalized spacial score (nSPS) is 10.6. The summed E-state index contributed by atoms with van der Waals surface area (Å²) in [5.74, 6) is -0.934. The van der Waals surface area contributed by atoms with Gasteiger partial charge in [-0.1, -0.05) is 60.1 Å². The van der Waals surface area contributed by atoms with Crippen LogP contribution < -0.4 is 0 Å². The Bertz CT molecular complexity index is 809. The van der Waals surface area contributed by atoms with Crippen LogP contribution in [0.5, 0.6) is 0 Å². The van der Waals surface area contributed by atoms with Crippen LogP contribution in [0.4, 0.5) is 0 Å². The van der Waals surface area contributed by atoms with Crippen LogP contribution in [0.3, 0.4) is 0 Å². The largest absolute Gasteiger partial charge is 0.478 e. The average Bonchev–Trinajstić information content (AvgIpc) is 2.95. The molecule has 0 atom stereocenters. The third kappa shape index (κ3) is 2.90. The van der Waals surface area contributed by atoms with E-state index in [2.05, 4.69) is 0 Å². The number of carbonyl (C=O) groups is 1. The molecule has 0 aliphatic carbocycles. The molecule has 3 nitrogen and oxygen atoms in total. The number of carboxylic acids is 1. The molecule has 0 spiro atoms. The van der Waals surface area contributed by atoms with Crippen LogP contribution in [-0.2, 0) is 6.54 Å². The number of nitrogens with zero attached hydrogens (tertiary/aromatic N) is 1. The second-order valence-electron chi connectivity index (χ2n) is 5.02. The molecule has 1 heterocycles. The first-order valence-electron chi connectivity index (χ1n) is 6.87. The first-order chi connectivity index (χ1) is 10.6. The van der Waals surface area contributed by atoms with Gasteiger partial charge in [0.15, 0.2) is 0 Å². The Morgan fingerprint density at radius 2 is 1.68 bits per heavy atom. The van der Waals surface area contributed by atoms with Crippen molar-refractivity contribution in [2.45, 2.75) is 6.54 Å². The summed E-state index contributed by atoms with van der Waals surface area (Å²) in [5, 5.41) is 10.1. The lowest BCUT2D eigenvalue weighted by atomic mass is 10.1. The van der Waals surface area contributed by atoms with Crippen LogP contribution in [-0.4, -0.2) is 15.6 Å². The van der Waals surface area contributed by atoms with Crippen molar-refractivity contribution in [1.29, 1.82) is 0 Å². The highest BCUT2D eigenvalue weighted by molar-refractivity contribution is 6.31. The van der Waals surface area contributed by atoms with E-state index >= 15 is 0 Å².